The molecule has 0 radical (unpaired) electrons. The number of fused-ring (bicyclic) bond motifs is 1. The van der Waals surface area contributed by atoms with Gasteiger partial charge in [-0.05, 0) is 30.6 Å². The Labute approximate surface area is 128 Å². The number of anilines is 1. The predicted molar refractivity (Wildman–Crippen MR) is 83.2 cm³/mol. The van der Waals surface area contributed by atoms with Crippen LogP contribution in [0.3, 0.4) is 0 Å². The van der Waals surface area contributed by atoms with E-state index < -0.39 is 4.92 Å². The van der Waals surface area contributed by atoms with Crippen LogP contribution in [0.1, 0.15) is 19.8 Å². The maximum Gasteiger partial charge on any atom is 0.271 e. The molecule has 1 aromatic rings. The fourth-order valence-corrected chi connectivity index (χ4v) is 2.70. The standard InChI is InChI=1S/C14H18N2O4S/c1-10(5-7-21)4-6-15-12-8-11(16(18)19)2-3-13(12)20-9-14(15)17/h2-3,8,10,21H,4-7,9H2,1H3. The Balaban J connectivity index is 2.20. The zero-order valence-corrected chi connectivity index (χ0v) is 12.7. The molecule has 21 heavy (non-hydrogen) atoms. The van der Waals surface area contributed by atoms with Crippen LogP contribution in [0.2, 0.25) is 0 Å². The van der Waals surface area contributed by atoms with Crippen molar-refractivity contribution in [2.45, 2.75) is 19.8 Å². The smallest absolute Gasteiger partial charge is 0.271 e. The summed E-state index contributed by atoms with van der Waals surface area (Å²) in [5.41, 5.74) is 0.444. The molecule has 0 saturated carbocycles. The van der Waals surface area contributed by atoms with Gasteiger partial charge in [0.2, 0.25) is 0 Å². The van der Waals surface area contributed by atoms with Crippen LogP contribution in [0.4, 0.5) is 11.4 Å². The van der Waals surface area contributed by atoms with Gasteiger partial charge in [0, 0.05) is 18.7 Å². The van der Waals surface area contributed by atoms with Gasteiger partial charge in [0.25, 0.3) is 11.6 Å². The summed E-state index contributed by atoms with van der Waals surface area (Å²) in [5.74, 6) is 1.60. The van der Waals surface area contributed by atoms with Crippen molar-refractivity contribution >= 4 is 29.9 Å². The van der Waals surface area contributed by atoms with Crippen LogP contribution in [-0.4, -0.2) is 29.7 Å². The summed E-state index contributed by atoms with van der Waals surface area (Å²) in [5, 5.41) is 10.9. The van der Waals surface area contributed by atoms with Crippen LogP contribution in [-0.2, 0) is 4.79 Å². The van der Waals surface area contributed by atoms with Crippen molar-refractivity contribution in [2.75, 3.05) is 23.8 Å². The molecule has 7 heteroatoms. The molecule has 114 valence electrons. The van der Waals surface area contributed by atoms with Gasteiger partial charge >= 0.3 is 0 Å². The Morgan fingerprint density at radius 2 is 2.24 bits per heavy atom. The number of ether oxygens (including phenoxy) is 1. The summed E-state index contributed by atoms with van der Waals surface area (Å²) in [4.78, 5) is 24.0. The predicted octanol–water partition coefficient (Wildman–Crippen LogP) is 2.67. The van der Waals surface area contributed by atoms with E-state index in [0.29, 0.717) is 23.9 Å². The zero-order valence-electron chi connectivity index (χ0n) is 11.8. The lowest BCUT2D eigenvalue weighted by atomic mass is 10.0. The second kappa shape index (κ2) is 6.80. The van der Waals surface area contributed by atoms with Crippen LogP contribution >= 0.6 is 12.6 Å². The number of nitrogens with zero attached hydrogens (tertiary/aromatic N) is 2. The molecule has 1 aliphatic rings. The molecule has 1 aromatic carbocycles. The minimum absolute atomic E-state index is 0.0221. The van der Waals surface area contributed by atoms with Gasteiger partial charge in [0.1, 0.15) is 5.75 Å². The Bertz CT molecular complexity index is 550. The molecule has 1 unspecified atom stereocenters. The number of hydrogen-bond donors (Lipinski definition) is 1. The third kappa shape index (κ3) is 3.66. The van der Waals surface area contributed by atoms with Gasteiger partial charge in [-0.15, -0.1) is 0 Å². The van der Waals surface area contributed by atoms with Crippen LogP contribution in [0.15, 0.2) is 18.2 Å². The first kappa shape index (κ1) is 15.6. The summed E-state index contributed by atoms with van der Waals surface area (Å²) in [7, 11) is 0. The molecule has 0 N–H and O–H groups in total. The van der Waals surface area contributed by atoms with E-state index in [4.69, 9.17) is 4.74 Å². The van der Waals surface area contributed by atoms with E-state index >= 15 is 0 Å². The largest absolute Gasteiger partial charge is 0.482 e. The second-order valence-electron chi connectivity index (χ2n) is 5.15. The molecular formula is C14H18N2O4S. The maximum absolute atomic E-state index is 12.0. The average molecular weight is 310 g/mol. The van der Waals surface area contributed by atoms with Crippen molar-refractivity contribution < 1.29 is 14.5 Å². The molecule has 1 aliphatic heterocycles. The fourth-order valence-electron chi connectivity index (χ4n) is 2.26. The monoisotopic (exact) mass is 310 g/mol. The number of hydrogen-bond acceptors (Lipinski definition) is 5. The highest BCUT2D eigenvalue weighted by atomic mass is 32.1. The summed E-state index contributed by atoms with van der Waals surface area (Å²) in [6.07, 6.45) is 1.80. The average Bonchev–Trinajstić information content (AvgIpc) is 2.45. The summed E-state index contributed by atoms with van der Waals surface area (Å²) < 4.78 is 5.33. The minimum atomic E-state index is -0.471. The molecule has 0 fully saturated rings. The fraction of sp³-hybridized carbons (Fsp3) is 0.500. The zero-order chi connectivity index (χ0) is 15.4. The SMILES string of the molecule is CC(CCS)CCN1C(=O)COc2ccc([N+](=O)[O-])cc21. The van der Waals surface area contributed by atoms with Crippen molar-refractivity contribution in [1.29, 1.82) is 0 Å². The van der Waals surface area contributed by atoms with Gasteiger partial charge < -0.3 is 9.64 Å². The molecule has 0 spiro atoms. The van der Waals surface area contributed by atoms with Crippen LogP contribution in [0.5, 0.6) is 5.75 Å². The lowest BCUT2D eigenvalue weighted by Crippen LogP contribution is -2.39. The highest BCUT2D eigenvalue weighted by molar-refractivity contribution is 7.80. The van der Waals surface area contributed by atoms with Crippen LogP contribution in [0.25, 0.3) is 0 Å². The first-order chi connectivity index (χ1) is 10.0. The van der Waals surface area contributed by atoms with Crippen LogP contribution in [0, 0.1) is 16.0 Å². The number of carbonyl (C=O) groups excluding carboxylic acids is 1. The molecule has 0 aliphatic carbocycles. The molecule has 1 amide bonds. The topological polar surface area (TPSA) is 72.7 Å². The van der Waals surface area contributed by atoms with Gasteiger partial charge in [0.15, 0.2) is 6.61 Å². The van der Waals surface area contributed by atoms with Crippen molar-refractivity contribution in [3.63, 3.8) is 0 Å². The quantitative estimate of drug-likeness (QED) is 0.498. The molecule has 6 nitrogen and oxygen atoms in total. The number of non-ortho nitro benzene ring substituents is 1. The van der Waals surface area contributed by atoms with E-state index in [1.165, 1.54) is 12.1 Å². The van der Waals surface area contributed by atoms with Crippen molar-refractivity contribution in [2.24, 2.45) is 5.92 Å². The van der Waals surface area contributed by atoms with Crippen LogP contribution < -0.4 is 9.64 Å². The second-order valence-corrected chi connectivity index (χ2v) is 5.60. The highest BCUT2D eigenvalue weighted by Gasteiger charge is 2.27. The highest BCUT2D eigenvalue weighted by Crippen LogP contribution is 2.35. The van der Waals surface area contributed by atoms with E-state index in [1.807, 2.05) is 0 Å². The molecule has 0 saturated heterocycles. The number of nitro benzene ring substituents is 1. The van der Waals surface area contributed by atoms with Gasteiger partial charge in [-0.1, -0.05) is 6.92 Å². The third-order valence-corrected chi connectivity index (χ3v) is 3.82. The van der Waals surface area contributed by atoms with Gasteiger partial charge in [-0.3, -0.25) is 14.9 Å². The Morgan fingerprint density at radius 3 is 2.90 bits per heavy atom. The summed E-state index contributed by atoms with van der Waals surface area (Å²) in [6, 6.07) is 4.33. The third-order valence-electron chi connectivity index (χ3n) is 3.56. The molecule has 1 heterocycles. The van der Waals surface area contributed by atoms with E-state index in [1.54, 1.807) is 11.0 Å². The first-order valence-corrected chi connectivity index (χ1v) is 7.48. The lowest BCUT2D eigenvalue weighted by Gasteiger charge is -2.30. The molecule has 0 aromatic heterocycles. The summed E-state index contributed by atoms with van der Waals surface area (Å²) in [6.45, 7) is 2.62. The normalized spacial score (nSPS) is 15.3. The lowest BCUT2D eigenvalue weighted by molar-refractivity contribution is -0.384. The number of rotatable bonds is 6. The Hall–Kier alpha value is -1.76. The summed E-state index contributed by atoms with van der Waals surface area (Å²) >= 11 is 4.20. The number of amides is 1. The maximum atomic E-state index is 12.0. The Morgan fingerprint density at radius 1 is 1.48 bits per heavy atom. The van der Waals surface area contributed by atoms with E-state index in [2.05, 4.69) is 19.6 Å². The molecule has 0 bridgehead atoms. The van der Waals surface area contributed by atoms with Crippen molar-refractivity contribution in [3.8, 4) is 5.75 Å². The molecule has 2 rings (SSSR count). The molecular weight excluding hydrogens is 292 g/mol. The van der Waals surface area contributed by atoms with E-state index in [-0.39, 0.29) is 18.2 Å². The molecule has 1 atom stereocenters. The van der Waals surface area contributed by atoms with Gasteiger partial charge in [-0.2, -0.15) is 12.6 Å². The number of thiol groups is 1. The Kier molecular flexibility index (Phi) is 5.06. The first-order valence-electron chi connectivity index (χ1n) is 6.85. The van der Waals surface area contributed by atoms with E-state index in [0.717, 1.165) is 18.6 Å². The van der Waals surface area contributed by atoms with Crippen molar-refractivity contribution in [1.82, 2.24) is 0 Å². The number of benzene rings is 1. The van der Waals surface area contributed by atoms with E-state index in [9.17, 15) is 14.9 Å². The number of nitro groups is 1. The number of carbonyl (C=O) groups is 1. The van der Waals surface area contributed by atoms with Gasteiger partial charge in [0.05, 0.1) is 10.6 Å². The van der Waals surface area contributed by atoms with Crippen molar-refractivity contribution in [3.05, 3.63) is 28.3 Å². The minimum Gasteiger partial charge on any atom is -0.482 e. The van der Waals surface area contributed by atoms with Gasteiger partial charge in [-0.25, -0.2) is 0 Å².